The van der Waals surface area contributed by atoms with Crippen LogP contribution >= 0.6 is 11.7 Å². The first-order chi connectivity index (χ1) is 10.7. The average molecular weight is 317 g/mol. The minimum atomic E-state index is 0.116. The van der Waals surface area contributed by atoms with Crippen molar-refractivity contribution >= 4 is 17.6 Å². The molecule has 116 valence electrons. The van der Waals surface area contributed by atoms with Crippen molar-refractivity contribution in [2.24, 2.45) is 0 Å². The zero-order valence-corrected chi connectivity index (χ0v) is 13.4. The van der Waals surface area contributed by atoms with Gasteiger partial charge in [-0.2, -0.15) is 8.75 Å². The fourth-order valence-electron chi connectivity index (χ4n) is 2.51. The number of hydrogen-bond donors (Lipinski definition) is 0. The zero-order chi connectivity index (χ0) is 15.4. The fourth-order valence-corrected chi connectivity index (χ4v) is 3.06. The number of benzene rings is 1. The summed E-state index contributed by atoms with van der Waals surface area (Å²) in [5.74, 6) is 0.855. The summed E-state index contributed by atoms with van der Waals surface area (Å²) in [5, 5.41) is 0. The molecule has 0 unspecified atom stereocenters. The molecule has 6 heteroatoms. The van der Waals surface area contributed by atoms with Gasteiger partial charge in [0.15, 0.2) is 0 Å². The van der Waals surface area contributed by atoms with Gasteiger partial charge in [0, 0.05) is 18.7 Å². The zero-order valence-electron chi connectivity index (χ0n) is 12.6. The first-order valence-corrected chi connectivity index (χ1v) is 8.27. The van der Waals surface area contributed by atoms with E-state index in [9.17, 15) is 4.79 Å². The summed E-state index contributed by atoms with van der Waals surface area (Å²) in [5.41, 5.74) is 2.49. The molecular formula is C16H19N3O2S. The molecule has 1 aromatic heterocycles. The number of aryl methyl sites for hydroxylation is 1. The molecule has 2 aromatic rings. The second kappa shape index (κ2) is 6.87. The van der Waals surface area contributed by atoms with E-state index >= 15 is 0 Å². The van der Waals surface area contributed by atoms with E-state index in [2.05, 4.69) is 8.75 Å². The van der Waals surface area contributed by atoms with Gasteiger partial charge in [-0.1, -0.05) is 0 Å². The molecule has 1 aliphatic heterocycles. The van der Waals surface area contributed by atoms with Crippen molar-refractivity contribution in [2.45, 2.75) is 32.8 Å². The van der Waals surface area contributed by atoms with Crippen LogP contribution in [-0.4, -0.2) is 32.6 Å². The molecule has 0 atom stereocenters. The van der Waals surface area contributed by atoms with Gasteiger partial charge >= 0.3 is 0 Å². The number of aromatic nitrogens is 2. The Morgan fingerprint density at radius 1 is 1.18 bits per heavy atom. The topological polar surface area (TPSA) is 55.3 Å². The number of hydrogen-bond acceptors (Lipinski definition) is 5. The van der Waals surface area contributed by atoms with Crippen LogP contribution in [0.15, 0.2) is 24.3 Å². The number of ether oxygens (including phenoxy) is 1. The monoisotopic (exact) mass is 317 g/mol. The van der Waals surface area contributed by atoms with Gasteiger partial charge in [-0.05, 0) is 50.5 Å². The van der Waals surface area contributed by atoms with Crippen molar-refractivity contribution in [3.05, 3.63) is 41.2 Å². The fraction of sp³-hybridized carbons (Fsp3) is 0.438. The smallest absolute Gasteiger partial charge is 0.253 e. The van der Waals surface area contributed by atoms with Gasteiger partial charge in [0.25, 0.3) is 5.91 Å². The number of piperidine rings is 1. The summed E-state index contributed by atoms with van der Waals surface area (Å²) < 4.78 is 14.0. The normalized spacial score (nSPS) is 14.9. The van der Waals surface area contributed by atoms with Crippen molar-refractivity contribution in [3.63, 3.8) is 0 Å². The van der Waals surface area contributed by atoms with Gasteiger partial charge < -0.3 is 9.64 Å². The molecule has 1 aliphatic rings. The molecule has 0 N–H and O–H groups in total. The summed E-state index contributed by atoms with van der Waals surface area (Å²) >= 11 is 1.19. The quantitative estimate of drug-likeness (QED) is 0.869. The van der Waals surface area contributed by atoms with Crippen LogP contribution in [-0.2, 0) is 6.61 Å². The molecule has 0 spiro atoms. The Balaban J connectivity index is 1.60. The van der Waals surface area contributed by atoms with Crippen molar-refractivity contribution in [2.75, 3.05) is 13.1 Å². The lowest BCUT2D eigenvalue weighted by atomic mass is 10.1. The molecule has 0 radical (unpaired) electrons. The van der Waals surface area contributed by atoms with Gasteiger partial charge in [-0.3, -0.25) is 4.79 Å². The van der Waals surface area contributed by atoms with E-state index in [0.29, 0.717) is 6.61 Å². The minimum absolute atomic E-state index is 0.116. The highest BCUT2D eigenvalue weighted by atomic mass is 32.1. The lowest BCUT2D eigenvalue weighted by Gasteiger charge is -2.26. The highest BCUT2D eigenvalue weighted by Gasteiger charge is 2.17. The number of nitrogens with zero attached hydrogens (tertiary/aromatic N) is 3. The molecule has 1 fully saturated rings. The third-order valence-corrected chi connectivity index (χ3v) is 4.52. The third-order valence-electron chi connectivity index (χ3n) is 3.87. The lowest BCUT2D eigenvalue weighted by molar-refractivity contribution is 0.0724. The first kappa shape index (κ1) is 15.0. The predicted octanol–water partition coefficient (Wildman–Crippen LogP) is 3.05. The number of carbonyl (C=O) groups is 1. The Morgan fingerprint density at radius 3 is 2.55 bits per heavy atom. The van der Waals surface area contributed by atoms with Gasteiger partial charge in [0.1, 0.15) is 18.1 Å². The molecule has 0 saturated carbocycles. The van der Waals surface area contributed by atoms with Gasteiger partial charge in [0.2, 0.25) is 0 Å². The van der Waals surface area contributed by atoms with Crippen molar-refractivity contribution in [3.8, 4) is 5.75 Å². The van der Waals surface area contributed by atoms with Crippen molar-refractivity contribution in [1.82, 2.24) is 13.6 Å². The molecule has 0 aliphatic carbocycles. The number of rotatable bonds is 4. The molecule has 22 heavy (non-hydrogen) atoms. The van der Waals surface area contributed by atoms with E-state index in [1.165, 1.54) is 18.1 Å². The van der Waals surface area contributed by atoms with Crippen LogP contribution in [0.5, 0.6) is 5.75 Å². The maximum Gasteiger partial charge on any atom is 0.253 e. The van der Waals surface area contributed by atoms with E-state index in [4.69, 9.17) is 4.74 Å². The van der Waals surface area contributed by atoms with E-state index in [1.807, 2.05) is 36.1 Å². The van der Waals surface area contributed by atoms with Crippen LogP contribution < -0.4 is 4.74 Å². The number of carbonyl (C=O) groups excluding carboxylic acids is 1. The number of amides is 1. The summed E-state index contributed by atoms with van der Waals surface area (Å²) in [6, 6.07) is 7.34. The average Bonchev–Trinajstić information content (AvgIpc) is 2.99. The Morgan fingerprint density at radius 2 is 1.91 bits per heavy atom. The lowest BCUT2D eigenvalue weighted by Crippen LogP contribution is -2.35. The van der Waals surface area contributed by atoms with Crippen LogP contribution in [0.1, 0.15) is 41.0 Å². The third kappa shape index (κ3) is 3.44. The van der Waals surface area contributed by atoms with Crippen LogP contribution in [0.25, 0.3) is 0 Å². The highest BCUT2D eigenvalue weighted by molar-refractivity contribution is 6.99. The summed E-state index contributed by atoms with van der Waals surface area (Å²) in [7, 11) is 0. The Bertz CT molecular complexity index is 633. The van der Waals surface area contributed by atoms with E-state index in [1.54, 1.807) is 0 Å². The largest absolute Gasteiger partial charge is 0.487 e. The van der Waals surface area contributed by atoms with Gasteiger partial charge in [-0.25, -0.2) is 0 Å². The molecular weight excluding hydrogens is 298 g/mol. The Hall–Kier alpha value is -1.95. The summed E-state index contributed by atoms with van der Waals surface area (Å²) in [6.07, 6.45) is 3.43. The molecule has 0 bridgehead atoms. The molecule has 5 nitrogen and oxygen atoms in total. The van der Waals surface area contributed by atoms with Crippen molar-refractivity contribution in [1.29, 1.82) is 0 Å². The predicted molar refractivity (Wildman–Crippen MR) is 85.2 cm³/mol. The van der Waals surface area contributed by atoms with Crippen LogP contribution in [0.3, 0.4) is 0 Å². The standard InChI is InChI=1S/C16H19N3O2S/c1-12-15(18-22-17-12)11-21-14-7-5-13(6-8-14)16(20)19-9-3-2-4-10-19/h5-8H,2-4,9-11H2,1H3. The van der Waals surface area contributed by atoms with Crippen molar-refractivity contribution < 1.29 is 9.53 Å². The Kier molecular flexibility index (Phi) is 4.68. The van der Waals surface area contributed by atoms with E-state index in [0.717, 1.165) is 48.6 Å². The molecule has 1 amide bonds. The SMILES string of the molecule is Cc1nsnc1COc1ccc(C(=O)N2CCCCC2)cc1. The summed E-state index contributed by atoms with van der Waals surface area (Å²) in [6.45, 7) is 4.06. The molecule has 3 rings (SSSR count). The maximum absolute atomic E-state index is 12.4. The van der Waals surface area contributed by atoms with Crippen LogP contribution in [0, 0.1) is 6.92 Å². The first-order valence-electron chi connectivity index (χ1n) is 7.54. The Labute approximate surface area is 134 Å². The second-order valence-electron chi connectivity index (χ2n) is 5.46. The molecule has 1 aromatic carbocycles. The summed E-state index contributed by atoms with van der Waals surface area (Å²) in [4.78, 5) is 14.3. The molecule has 1 saturated heterocycles. The second-order valence-corrected chi connectivity index (χ2v) is 5.99. The van der Waals surface area contributed by atoms with Gasteiger partial charge in [0.05, 0.1) is 17.4 Å². The van der Waals surface area contributed by atoms with Crippen LogP contribution in [0.4, 0.5) is 0 Å². The van der Waals surface area contributed by atoms with Crippen LogP contribution in [0.2, 0.25) is 0 Å². The van der Waals surface area contributed by atoms with E-state index in [-0.39, 0.29) is 5.91 Å². The van der Waals surface area contributed by atoms with Gasteiger partial charge in [-0.15, -0.1) is 0 Å². The molecule has 2 heterocycles. The maximum atomic E-state index is 12.4. The number of likely N-dealkylation sites (tertiary alicyclic amines) is 1. The van der Waals surface area contributed by atoms with E-state index < -0.39 is 0 Å². The minimum Gasteiger partial charge on any atom is -0.487 e. The highest BCUT2D eigenvalue weighted by Crippen LogP contribution is 2.18.